The average Bonchev–Trinajstić information content (AvgIpc) is 3.22. The Morgan fingerprint density at radius 2 is 1.95 bits per heavy atom. The second-order valence-electron chi connectivity index (χ2n) is 5.08. The van der Waals surface area contributed by atoms with E-state index in [1.165, 1.54) is 0 Å². The van der Waals surface area contributed by atoms with E-state index in [4.69, 9.17) is 5.73 Å². The normalized spacial score (nSPS) is 14.1. The van der Waals surface area contributed by atoms with Crippen LogP contribution in [0.3, 0.4) is 0 Å². The van der Waals surface area contributed by atoms with E-state index in [1.807, 2.05) is 19.1 Å². The molecule has 20 heavy (non-hydrogen) atoms. The van der Waals surface area contributed by atoms with Crippen LogP contribution in [0.4, 0.5) is 5.82 Å². The first-order chi connectivity index (χ1) is 9.61. The van der Waals surface area contributed by atoms with Gasteiger partial charge in [0.25, 0.3) is 5.91 Å². The lowest BCUT2D eigenvalue weighted by Crippen LogP contribution is -2.25. The number of carbonyl (C=O) groups excluding carboxylic acids is 1. The molecule has 5 heteroatoms. The molecule has 0 saturated heterocycles. The summed E-state index contributed by atoms with van der Waals surface area (Å²) in [5.74, 6) is 1.00. The molecule has 0 aliphatic heterocycles. The number of amides is 1. The lowest BCUT2D eigenvalue weighted by molar-refractivity contribution is 0.0951. The lowest BCUT2D eigenvalue weighted by Gasteiger charge is -2.06. The fraction of sp³-hybridized carbons (Fsp3) is 0.267. The summed E-state index contributed by atoms with van der Waals surface area (Å²) < 4.78 is 0. The zero-order chi connectivity index (χ0) is 14.1. The van der Waals surface area contributed by atoms with Crippen LogP contribution in [0, 0.1) is 6.92 Å². The number of hydrogen-bond donors (Lipinski definition) is 2. The Morgan fingerprint density at radius 3 is 2.55 bits per heavy atom. The monoisotopic (exact) mass is 268 g/mol. The quantitative estimate of drug-likeness (QED) is 0.891. The van der Waals surface area contributed by atoms with Crippen molar-refractivity contribution < 1.29 is 4.79 Å². The van der Waals surface area contributed by atoms with Crippen molar-refractivity contribution in [1.29, 1.82) is 0 Å². The number of benzene rings is 1. The molecule has 102 valence electrons. The van der Waals surface area contributed by atoms with Gasteiger partial charge in [-0.15, -0.1) is 0 Å². The minimum atomic E-state index is -0.0243. The molecule has 1 saturated carbocycles. The zero-order valence-corrected chi connectivity index (χ0v) is 11.3. The summed E-state index contributed by atoms with van der Waals surface area (Å²) in [6, 6.07) is 9.35. The SMILES string of the molecule is Cc1cc(N)nc(-c2ccc(C(=O)NC3CC3)cc2)n1. The number of nitrogens with two attached hydrogens (primary N) is 1. The molecule has 0 bridgehead atoms. The van der Waals surface area contributed by atoms with Crippen molar-refractivity contribution in [2.24, 2.45) is 0 Å². The first-order valence-corrected chi connectivity index (χ1v) is 6.64. The van der Waals surface area contributed by atoms with Gasteiger partial charge in [0.1, 0.15) is 5.82 Å². The summed E-state index contributed by atoms with van der Waals surface area (Å²) >= 11 is 0. The average molecular weight is 268 g/mol. The number of anilines is 1. The van der Waals surface area contributed by atoms with Gasteiger partial charge in [-0.3, -0.25) is 4.79 Å². The molecular weight excluding hydrogens is 252 g/mol. The maximum Gasteiger partial charge on any atom is 0.251 e. The van der Waals surface area contributed by atoms with E-state index in [0.717, 1.165) is 24.1 Å². The Hall–Kier alpha value is -2.43. The molecule has 0 unspecified atom stereocenters. The predicted octanol–water partition coefficient (Wildman–Crippen LogP) is 1.93. The Labute approximate surface area is 117 Å². The van der Waals surface area contributed by atoms with Crippen LogP contribution < -0.4 is 11.1 Å². The fourth-order valence-electron chi connectivity index (χ4n) is 1.99. The molecule has 1 heterocycles. The van der Waals surface area contributed by atoms with Gasteiger partial charge in [-0.05, 0) is 31.9 Å². The minimum Gasteiger partial charge on any atom is -0.384 e. The molecule has 1 aliphatic carbocycles. The van der Waals surface area contributed by atoms with Gasteiger partial charge < -0.3 is 11.1 Å². The van der Waals surface area contributed by atoms with Gasteiger partial charge in [0.05, 0.1) is 0 Å². The van der Waals surface area contributed by atoms with Crippen molar-refractivity contribution in [3.8, 4) is 11.4 Å². The van der Waals surface area contributed by atoms with E-state index in [1.54, 1.807) is 18.2 Å². The molecule has 1 fully saturated rings. The van der Waals surface area contributed by atoms with E-state index < -0.39 is 0 Å². The Kier molecular flexibility index (Phi) is 3.10. The molecule has 1 aromatic heterocycles. The number of aromatic nitrogens is 2. The van der Waals surface area contributed by atoms with Crippen molar-refractivity contribution in [2.75, 3.05) is 5.73 Å². The number of rotatable bonds is 3. The maximum atomic E-state index is 11.9. The summed E-state index contributed by atoms with van der Waals surface area (Å²) in [7, 11) is 0. The standard InChI is InChI=1S/C15H16N4O/c1-9-8-13(16)19-14(17-9)10-2-4-11(5-3-10)15(20)18-12-6-7-12/h2-5,8,12H,6-7H2,1H3,(H,18,20)(H2,16,17,19). The highest BCUT2D eigenvalue weighted by molar-refractivity contribution is 5.94. The largest absolute Gasteiger partial charge is 0.384 e. The predicted molar refractivity (Wildman–Crippen MR) is 77.1 cm³/mol. The maximum absolute atomic E-state index is 11.9. The highest BCUT2D eigenvalue weighted by Crippen LogP contribution is 2.20. The van der Waals surface area contributed by atoms with Gasteiger partial charge >= 0.3 is 0 Å². The highest BCUT2D eigenvalue weighted by atomic mass is 16.1. The number of nitrogens with one attached hydrogen (secondary N) is 1. The number of hydrogen-bond acceptors (Lipinski definition) is 4. The number of nitrogens with zero attached hydrogens (tertiary/aromatic N) is 2. The summed E-state index contributed by atoms with van der Waals surface area (Å²) in [4.78, 5) is 20.4. The Bertz CT molecular complexity index is 627. The summed E-state index contributed by atoms with van der Waals surface area (Å²) in [6.07, 6.45) is 2.17. The molecule has 2 aromatic rings. The lowest BCUT2D eigenvalue weighted by atomic mass is 10.1. The summed E-state index contributed by atoms with van der Waals surface area (Å²) in [5, 5.41) is 2.96. The second-order valence-corrected chi connectivity index (χ2v) is 5.08. The van der Waals surface area contributed by atoms with Crippen LogP contribution in [0.25, 0.3) is 11.4 Å². The van der Waals surface area contributed by atoms with Crippen LogP contribution in [-0.2, 0) is 0 Å². The van der Waals surface area contributed by atoms with E-state index in [2.05, 4.69) is 15.3 Å². The molecule has 3 rings (SSSR count). The Morgan fingerprint density at radius 1 is 1.25 bits per heavy atom. The van der Waals surface area contributed by atoms with Crippen molar-refractivity contribution in [2.45, 2.75) is 25.8 Å². The Balaban J connectivity index is 1.82. The van der Waals surface area contributed by atoms with Crippen LogP contribution in [0.5, 0.6) is 0 Å². The van der Waals surface area contributed by atoms with E-state index in [-0.39, 0.29) is 5.91 Å². The van der Waals surface area contributed by atoms with Crippen molar-refractivity contribution in [3.05, 3.63) is 41.6 Å². The van der Waals surface area contributed by atoms with Gasteiger partial charge in [0.15, 0.2) is 5.82 Å². The molecule has 0 radical (unpaired) electrons. The first kappa shape index (κ1) is 12.6. The van der Waals surface area contributed by atoms with Crippen LogP contribution in [-0.4, -0.2) is 21.9 Å². The molecule has 3 N–H and O–H groups in total. The van der Waals surface area contributed by atoms with Crippen molar-refractivity contribution in [3.63, 3.8) is 0 Å². The second kappa shape index (κ2) is 4.92. The third-order valence-electron chi connectivity index (χ3n) is 3.19. The van der Waals surface area contributed by atoms with Gasteiger partial charge in [-0.1, -0.05) is 12.1 Å². The smallest absolute Gasteiger partial charge is 0.251 e. The topological polar surface area (TPSA) is 80.9 Å². The third kappa shape index (κ3) is 2.77. The van der Waals surface area contributed by atoms with Gasteiger partial charge in [-0.25, -0.2) is 9.97 Å². The van der Waals surface area contributed by atoms with Gasteiger partial charge in [0.2, 0.25) is 0 Å². The molecule has 1 amide bonds. The number of carbonyl (C=O) groups is 1. The van der Waals surface area contributed by atoms with E-state index >= 15 is 0 Å². The van der Waals surface area contributed by atoms with E-state index in [0.29, 0.717) is 23.2 Å². The molecule has 0 atom stereocenters. The molecule has 1 aliphatic rings. The summed E-state index contributed by atoms with van der Waals surface area (Å²) in [6.45, 7) is 1.87. The van der Waals surface area contributed by atoms with Crippen LogP contribution in [0.2, 0.25) is 0 Å². The van der Waals surface area contributed by atoms with E-state index in [9.17, 15) is 4.79 Å². The van der Waals surface area contributed by atoms with Crippen LogP contribution in [0.15, 0.2) is 30.3 Å². The number of aryl methyl sites for hydroxylation is 1. The third-order valence-corrected chi connectivity index (χ3v) is 3.19. The number of nitrogen functional groups attached to an aromatic ring is 1. The van der Waals surface area contributed by atoms with Gasteiger partial charge in [0, 0.05) is 28.9 Å². The van der Waals surface area contributed by atoms with Crippen LogP contribution >= 0.6 is 0 Å². The molecule has 0 spiro atoms. The van der Waals surface area contributed by atoms with Gasteiger partial charge in [-0.2, -0.15) is 0 Å². The van der Waals surface area contributed by atoms with Crippen LogP contribution in [0.1, 0.15) is 28.9 Å². The molecular formula is C15H16N4O. The fourth-order valence-corrected chi connectivity index (χ4v) is 1.99. The highest BCUT2D eigenvalue weighted by Gasteiger charge is 2.23. The van der Waals surface area contributed by atoms with Crippen molar-refractivity contribution >= 4 is 11.7 Å². The molecule has 1 aromatic carbocycles. The first-order valence-electron chi connectivity index (χ1n) is 6.64. The zero-order valence-electron chi connectivity index (χ0n) is 11.3. The summed E-state index contributed by atoms with van der Waals surface area (Å²) in [5.41, 5.74) is 8.05. The van der Waals surface area contributed by atoms with Crippen molar-refractivity contribution in [1.82, 2.24) is 15.3 Å². The molecule has 5 nitrogen and oxygen atoms in total. The minimum absolute atomic E-state index is 0.0243.